The molecule has 156 valence electrons. The Morgan fingerprint density at radius 1 is 1.17 bits per heavy atom. The highest BCUT2D eigenvalue weighted by Gasteiger charge is 2.23. The summed E-state index contributed by atoms with van der Waals surface area (Å²) >= 11 is 0. The Bertz CT molecular complexity index is 1030. The van der Waals surface area contributed by atoms with Crippen molar-refractivity contribution < 1.29 is 19.0 Å². The Kier molecular flexibility index (Phi) is 5.99. The summed E-state index contributed by atoms with van der Waals surface area (Å²) in [6, 6.07) is 15.6. The predicted molar refractivity (Wildman–Crippen MR) is 113 cm³/mol. The Morgan fingerprint density at radius 3 is 2.87 bits per heavy atom. The number of ether oxygens (including phenoxy) is 3. The number of rotatable bonds is 7. The summed E-state index contributed by atoms with van der Waals surface area (Å²) in [4.78, 5) is 12.7. The molecule has 0 saturated heterocycles. The van der Waals surface area contributed by atoms with E-state index in [0.29, 0.717) is 30.5 Å². The molecule has 1 N–H and O–H groups in total. The van der Waals surface area contributed by atoms with Crippen molar-refractivity contribution in [3.05, 3.63) is 71.4 Å². The first-order valence-corrected chi connectivity index (χ1v) is 9.90. The second-order valence-corrected chi connectivity index (χ2v) is 7.09. The van der Waals surface area contributed by atoms with Crippen LogP contribution in [0.25, 0.3) is 0 Å². The summed E-state index contributed by atoms with van der Waals surface area (Å²) in [5.74, 6) is 1.81. The number of hydrogen-bond acceptors (Lipinski definition) is 5. The van der Waals surface area contributed by atoms with Gasteiger partial charge in [0.2, 0.25) is 5.91 Å². The van der Waals surface area contributed by atoms with E-state index in [2.05, 4.69) is 16.5 Å². The van der Waals surface area contributed by atoms with Crippen molar-refractivity contribution in [1.82, 2.24) is 9.78 Å². The average Bonchev–Trinajstić information content (AvgIpc) is 3.20. The van der Waals surface area contributed by atoms with Crippen molar-refractivity contribution in [2.75, 3.05) is 26.1 Å². The van der Waals surface area contributed by atoms with Gasteiger partial charge in [0.1, 0.15) is 5.82 Å². The van der Waals surface area contributed by atoms with Gasteiger partial charge in [-0.05, 0) is 23.6 Å². The molecule has 1 aromatic heterocycles. The maximum Gasteiger partial charge on any atom is 0.228 e. The molecule has 0 saturated carbocycles. The van der Waals surface area contributed by atoms with Crippen LogP contribution in [0, 0.1) is 0 Å². The van der Waals surface area contributed by atoms with Crippen molar-refractivity contribution in [2.45, 2.75) is 25.5 Å². The fourth-order valence-corrected chi connectivity index (χ4v) is 3.81. The third-order valence-electron chi connectivity index (χ3n) is 5.25. The largest absolute Gasteiger partial charge is 0.493 e. The molecule has 1 aliphatic heterocycles. The van der Waals surface area contributed by atoms with E-state index < -0.39 is 0 Å². The highest BCUT2D eigenvalue weighted by atomic mass is 16.5. The van der Waals surface area contributed by atoms with Gasteiger partial charge in [0, 0.05) is 11.6 Å². The lowest BCUT2D eigenvalue weighted by Crippen LogP contribution is -2.23. The normalized spacial score (nSPS) is 15.3. The molecule has 1 unspecified atom stereocenters. The first kappa shape index (κ1) is 20.0. The van der Waals surface area contributed by atoms with Gasteiger partial charge >= 0.3 is 0 Å². The number of para-hydroxylation sites is 1. The highest BCUT2D eigenvalue weighted by molar-refractivity contribution is 5.90. The lowest BCUT2D eigenvalue weighted by Gasteiger charge is -2.25. The second-order valence-electron chi connectivity index (χ2n) is 7.09. The van der Waals surface area contributed by atoms with Crippen LogP contribution >= 0.6 is 0 Å². The van der Waals surface area contributed by atoms with Gasteiger partial charge in [-0.1, -0.05) is 36.4 Å². The summed E-state index contributed by atoms with van der Waals surface area (Å²) in [6.45, 7) is 1.06. The number of anilines is 1. The zero-order valence-corrected chi connectivity index (χ0v) is 17.1. The molecule has 3 aromatic rings. The van der Waals surface area contributed by atoms with Crippen LogP contribution in [0.5, 0.6) is 11.5 Å². The summed E-state index contributed by atoms with van der Waals surface area (Å²) in [6.07, 6.45) is 2.56. The Hall–Kier alpha value is -3.32. The number of aromatic nitrogens is 2. The first-order valence-electron chi connectivity index (χ1n) is 9.90. The number of hydrogen-bond donors (Lipinski definition) is 1. The van der Waals surface area contributed by atoms with Crippen LogP contribution in [0.1, 0.15) is 29.2 Å². The summed E-state index contributed by atoms with van der Waals surface area (Å²) in [7, 11) is 3.21. The van der Waals surface area contributed by atoms with Crippen LogP contribution < -0.4 is 14.8 Å². The molecule has 7 nitrogen and oxygen atoms in total. The molecule has 1 aliphatic rings. The van der Waals surface area contributed by atoms with Gasteiger partial charge in [0.05, 0.1) is 46.1 Å². The molecule has 2 heterocycles. The van der Waals surface area contributed by atoms with Crippen LogP contribution in [-0.4, -0.2) is 36.5 Å². The Morgan fingerprint density at radius 2 is 2.03 bits per heavy atom. The average molecular weight is 407 g/mol. The second kappa shape index (κ2) is 9.00. The zero-order chi connectivity index (χ0) is 20.9. The molecule has 0 radical (unpaired) electrons. The topological polar surface area (TPSA) is 74.6 Å². The van der Waals surface area contributed by atoms with Crippen LogP contribution in [0.2, 0.25) is 0 Å². The third kappa shape index (κ3) is 4.16. The quantitative estimate of drug-likeness (QED) is 0.648. The zero-order valence-electron chi connectivity index (χ0n) is 17.1. The number of nitrogens with zero attached hydrogens (tertiary/aromatic N) is 2. The molecule has 2 aromatic carbocycles. The molecule has 1 atom stereocenters. The van der Waals surface area contributed by atoms with Crippen molar-refractivity contribution in [2.24, 2.45) is 0 Å². The van der Waals surface area contributed by atoms with Crippen LogP contribution in [0.4, 0.5) is 5.82 Å². The maximum absolute atomic E-state index is 12.7. The lowest BCUT2D eigenvalue weighted by atomic mass is 9.96. The van der Waals surface area contributed by atoms with E-state index in [1.165, 1.54) is 5.56 Å². The SMILES string of the molecule is COc1cccc(Cn2nccc2NC(=O)CC2OCCc3ccccc32)c1OC. The number of nitrogens with one attached hydrogen (secondary N) is 1. The van der Waals surface area contributed by atoms with E-state index in [9.17, 15) is 4.79 Å². The standard InChI is InChI=1S/C23H25N3O4/c1-28-19-9-5-7-17(23(19)29-2)15-26-21(10-12-24-26)25-22(27)14-20-18-8-4-3-6-16(18)11-13-30-20/h3-10,12,20H,11,13-15H2,1-2H3,(H,25,27). The maximum atomic E-state index is 12.7. The minimum Gasteiger partial charge on any atom is -0.493 e. The number of fused-ring (bicyclic) bond motifs is 1. The monoisotopic (exact) mass is 407 g/mol. The van der Waals surface area contributed by atoms with E-state index in [4.69, 9.17) is 14.2 Å². The number of methoxy groups -OCH3 is 2. The van der Waals surface area contributed by atoms with Crippen LogP contribution in [0.3, 0.4) is 0 Å². The fraction of sp³-hybridized carbons (Fsp3) is 0.304. The van der Waals surface area contributed by atoms with E-state index in [-0.39, 0.29) is 18.4 Å². The van der Waals surface area contributed by atoms with Gasteiger partial charge in [-0.3, -0.25) is 4.79 Å². The van der Waals surface area contributed by atoms with Gasteiger partial charge in [-0.25, -0.2) is 4.68 Å². The predicted octanol–water partition coefficient (Wildman–Crippen LogP) is 3.59. The molecule has 4 rings (SSSR count). The van der Waals surface area contributed by atoms with Crippen LogP contribution in [0.15, 0.2) is 54.7 Å². The smallest absolute Gasteiger partial charge is 0.228 e. The van der Waals surface area contributed by atoms with Gasteiger partial charge in [0.15, 0.2) is 11.5 Å². The molecule has 1 amide bonds. The van der Waals surface area contributed by atoms with Crippen LogP contribution in [-0.2, 0) is 22.5 Å². The molecule has 0 bridgehead atoms. The summed E-state index contributed by atoms with van der Waals surface area (Å²) in [5.41, 5.74) is 3.24. The minimum absolute atomic E-state index is 0.115. The molecule has 30 heavy (non-hydrogen) atoms. The Balaban J connectivity index is 1.47. The Labute approximate surface area is 175 Å². The number of benzene rings is 2. The van der Waals surface area contributed by atoms with Gasteiger partial charge in [-0.2, -0.15) is 5.10 Å². The molecule has 0 spiro atoms. The van der Waals surface area contributed by atoms with Gasteiger partial charge in [0.25, 0.3) is 0 Å². The molecular formula is C23H25N3O4. The molecule has 0 aliphatic carbocycles. The van der Waals surface area contributed by atoms with Crippen molar-refractivity contribution in [3.8, 4) is 11.5 Å². The molecule has 0 fully saturated rings. The van der Waals surface area contributed by atoms with Crippen molar-refractivity contribution >= 4 is 11.7 Å². The highest BCUT2D eigenvalue weighted by Crippen LogP contribution is 2.32. The third-order valence-corrected chi connectivity index (χ3v) is 5.25. The molecular weight excluding hydrogens is 382 g/mol. The number of carbonyl (C=O) groups excluding carboxylic acids is 1. The van der Waals surface area contributed by atoms with Crippen molar-refractivity contribution in [3.63, 3.8) is 0 Å². The van der Waals surface area contributed by atoms with Crippen molar-refractivity contribution in [1.29, 1.82) is 0 Å². The van der Waals surface area contributed by atoms with E-state index in [0.717, 1.165) is 17.5 Å². The van der Waals surface area contributed by atoms with Gasteiger partial charge < -0.3 is 19.5 Å². The summed E-state index contributed by atoms with van der Waals surface area (Å²) < 4.78 is 18.5. The number of carbonyl (C=O) groups is 1. The number of amides is 1. The fourth-order valence-electron chi connectivity index (χ4n) is 3.81. The van der Waals surface area contributed by atoms with E-state index >= 15 is 0 Å². The minimum atomic E-state index is -0.232. The van der Waals surface area contributed by atoms with E-state index in [1.54, 1.807) is 31.2 Å². The summed E-state index contributed by atoms with van der Waals surface area (Å²) in [5, 5.41) is 7.32. The van der Waals surface area contributed by atoms with E-state index in [1.807, 2.05) is 36.4 Å². The molecule has 7 heteroatoms. The first-order chi connectivity index (χ1) is 14.7. The lowest BCUT2D eigenvalue weighted by molar-refractivity contribution is -0.119. The van der Waals surface area contributed by atoms with Gasteiger partial charge in [-0.15, -0.1) is 0 Å².